The van der Waals surface area contributed by atoms with Gasteiger partial charge in [0.2, 0.25) is 0 Å². The van der Waals surface area contributed by atoms with Crippen molar-refractivity contribution in [1.29, 1.82) is 0 Å². The Hall–Kier alpha value is -5.82. The SMILES string of the molecule is CC(C)CC1=Cc2c(ccc(-c3ccccc3)c2-c2cc(C(F)(F)F)cc(C(F)(F)F)c2)C1C[Si]CC1C(CC(C)C)=Cc2c1ccc(-c1ccccc1)c2-c1cc(C(F)(F)F)cc(C(F)(F)F)c1. The third-order valence-corrected chi connectivity index (χ3v) is 14.2. The van der Waals surface area contributed by atoms with E-state index in [9.17, 15) is 52.7 Å². The highest BCUT2D eigenvalue weighted by Crippen LogP contribution is 2.53. The van der Waals surface area contributed by atoms with Crippen LogP contribution in [0.3, 0.4) is 0 Å². The average molecular weight is 975 g/mol. The summed E-state index contributed by atoms with van der Waals surface area (Å²) in [6.45, 7) is 8.13. The zero-order chi connectivity index (χ0) is 49.8. The van der Waals surface area contributed by atoms with Gasteiger partial charge in [0.05, 0.1) is 22.3 Å². The van der Waals surface area contributed by atoms with Gasteiger partial charge in [-0.1, -0.05) is 148 Å². The zero-order valence-electron chi connectivity index (χ0n) is 37.9. The molecule has 0 aromatic heterocycles. The van der Waals surface area contributed by atoms with Gasteiger partial charge in [-0.3, -0.25) is 0 Å². The van der Waals surface area contributed by atoms with Crippen LogP contribution in [-0.4, -0.2) is 9.52 Å². The number of alkyl halides is 12. The van der Waals surface area contributed by atoms with Crippen LogP contribution in [0.2, 0.25) is 12.1 Å². The van der Waals surface area contributed by atoms with E-state index in [0.717, 1.165) is 46.5 Å². The number of benzene rings is 6. The van der Waals surface area contributed by atoms with Crippen LogP contribution in [0.4, 0.5) is 52.7 Å². The molecule has 2 aliphatic carbocycles. The predicted octanol–water partition coefficient (Wildman–Crippen LogP) is 18.7. The van der Waals surface area contributed by atoms with E-state index in [2.05, 4.69) is 0 Å². The molecule has 0 saturated carbocycles. The molecule has 0 amide bonds. The molecule has 6 aromatic carbocycles. The van der Waals surface area contributed by atoms with Crippen LogP contribution in [0.15, 0.2) is 132 Å². The first kappa shape index (κ1) is 49.6. The molecular formula is C56H46F12Si. The van der Waals surface area contributed by atoms with Crippen LogP contribution in [0, 0.1) is 11.8 Å². The van der Waals surface area contributed by atoms with Crippen LogP contribution in [0.25, 0.3) is 56.7 Å². The van der Waals surface area contributed by atoms with Crippen molar-refractivity contribution in [1.82, 2.24) is 0 Å². The van der Waals surface area contributed by atoms with Crippen LogP contribution >= 0.6 is 0 Å². The van der Waals surface area contributed by atoms with Gasteiger partial charge in [0.15, 0.2) is 0 Å². The number of hydrogen-bond acceptors (Lipinski definition) is 0. The molecule has 0 N–H and O–H groups in total. The molecule has 2 atom stereocenters. The maximum Gasteiger partial charge on any atom is 0.416 e. The van der Waals surface area contributed by atoms with Crippen molar-refractivity contribution in [2.24, 2.45) is 11.8 Å². The van der Waals surface area contributed by atoms with Gasteiger partial charge in [0, 0.05) is 21.4 Å². The standard InChI is InChI=1S/C56H46F12Si/c1-31(2)19-35-25-47-45(17-15-43(33-11-7-5-8-12-33)51(47)37-21-39(53(57,58)59)27-40(22-37)54(60,61)62)49(35)29-69-30-50-36(20-32(3)4)26-48-46(50)18-16-44(34-13-9-6-10-14-34)52(48)38-23-41(55(63,64)65)28-42(24-38)56(66,67)68/h5-18,21-28,31-32,49-50H,19-20,29-30H2,1-4H3. The Morgan fingerprint density at radius 2 is 0.725 bits per heavy atom. The third kappa shape index (κ3) is 10.5. The third-order valence-electron chi connectivity index (χ3n) is 12.8. The normalized spacial score (nSPS) is 16.3. The molecule has 6 aromatic rings. The molecule has 2 radical (unpaired) electrons. The van der Waals surface area contributed by atoms with Gasteiger partial charge in [-0.25, -0.2) is 0 Å². The summed E-state index contributed by atoms with van der Waals surface area (Å²) in [7, 11) is 0.241. The van der Waals surface area contributed by atoms with Gasteiger partial charge >= 0.3 is 24.7 Å². The van der Waals surface area contributed by atoms with Crippen LogP contribution < -0.4 is 0 Å². The summed E-state index contributed by atoms with van der Waals surface area (Å²) in [4.78, 5) is 0. The summed E-state index contributed by atoms with van der Waals surface area (Å²) in [5.74, 6) is -0.186. The lowest BCUT2D eigenvalue weighted by atomic mass is 9.85. The van der Waals surface area contributed by atoms with Crippen molar-refractivity contribution < 1.29 is 52.7 Å². The first-order chi connectivity index (χ1) is 32.4. The minimum atomic E-state index is -5.06. The minimum absolute atomic E-state index is 0.132. The molecular weight excluding hydrogens is 929 g/mol. The fourth-order valence-electron chi connectivity index (χ4n) is 9.90. The largest absolute Gasteiger partial charge is 0.416 e. The molecule has 2 aliphatic rings. The van der Waals surface area contributed by atoms with E-state index in [4.69, 9.17) is 0 Å². The monoisotopic (exact) mass is 974 g/mol. The summed E-state index contributed by atoms with van der Waals surface area (Å²) in [6.07, 6.45) is -15.2. The topological polar surface area (TPSA) is 0 Å². The highest BCUT2D eigenvalue weighted by molar-refractivity contribution is 6.36. The van der Waals surface area contributed by atoms with Crippen LogP contribution in [-0.2, 0) is 24.7 Å². The molecule has 0 saturated heterocycles. The molecule has 0 fully saturated rings. The van der Waals surface area contributed by atoms with E-state index in [1.807, 2.05) is 52.0 Å². The molecule has 0 heterocycles. The number of rotatable bonds is 12. The Bertz CT molecular complexity index is 2650. The Morgan fingerprint density at radius 1 is 0.406 bits per heavy atom. The molecule has 0 nitrogen and oxygen atoms in total. The lowest BCUT2D eigenvalue weighted by Crippen LogP contribution is -2.12. The average Bonchev–Trinajstić information content (AvgIpc) is 3.80. The zero-order valence-corrected chi connectivity index (χ0v) is 38.9. The van der Waals surface area contributed by atoms with Crippen molar-refractivity contribution >= 4 is 21.7 Å². The molecule has 0 spiro atoms. The lowest BCUT2D eigenvalue weighted by Gasteiger charge is -2.23. The number of halogens is 12. The fraction of sp³-hybridized carbons (Fsp3) is 0.286. The van der Waals surface area contributed by atoms with Crippen molar-refractivity contribution in [3.8, 4) is 44.5 Å². The molecule has 0 aliphatic heterocycles. The van der Waals surface area contributed by atoms with Gasteiger partial charge in [-0.05, 0) is 128 Å². The fourth-order valence-corrected chi connectivity index (χ4v) is 11.6. The second-order valence-electron chi connectivity index (χ2n) is 18.7. The predicted molar refractivity (Wildman–Crippen MR) is 250 cm³/mol. The quantitative estimate of drug-likeness (QED) is 0.0847. The molecule has 13 heteroatoms. The minimum Gasteiger partial charge on any atom is -0.166 e. The van der Waals surface area contributed by atoms with Gasteiger partial charge in [0.25, 0.3) is 0 Å². The summed E-state index contributed by atoms with van der Waals surface area (Å²) in [5.41, 5.74) is 1.28. The molecule has 358 valence electrons. The smallest absolute Gasteiger partial charge is 0.166 e. The maximum absolute atomic E-state index is 14.3. The van der Waals surface area contributed by atoms with Crippen molar-refractivity contribution in [2.45, 2.75) is 89.2 Å². The Labute approximate surface area is 395 Å². The van der Waals surface area contributed by atoms with E-state index in [1.54, 1.807) is 72.8 Å². The Balaban J connectivity index is 1.23. The number of hydrogen-bond donors (Lipinski definition) is 0. The van der Waals surface area contributed by atoms with Gasteiger partial charge in [0.1, 0.15) is 0 Å². The number of allylic oxidation sites excluding steroid dienone is 2. The van der Waals surface area contributed by atoms with Crippen molar-refractivity contribution in [2.75, 3.05) is 0 Å². The van der Waals surface area contributed by atoms with Gasteiger partial charge in [-0.2, -0.15) is 52.7 Å². The van der Waals surface area contributed by atoms with Crippen molar-refractivity contribution in [3.05, 3.63) is 177 Å². The summed E-state index contributed by atoms with van der Waals surface area (Å²) in [6, 6.07) is 29.4. The Kier molecular flexibility index (Phi) is 13.5. The highest BCUT2D eigenvalue weighted by atomic mass is 28.2. The van der Waals surface area contributed by atoms with Crippen LogP contribution in [0.5, 0.6) is 0 Å². The van der Waals surface area contributed by atoms with Crippen LogP contribution in [0.1, 0.15) is 96.9 Å². The van der Waals surface area contributed by atoms with E-state index in [-0.39, 0.29) is 67.6 Å². The molecule has 8 rings (SSSR count). The summed E-state index contributed by atoms with van der Waals surface area (Å²) < 4.78 is 172. The lowest BCUT2D eigenvalue weighted by molar-refractivity contribution is -0.144. The van der Waals surface area contributed by atoms with Crippen molar-refractivity contribution in [3.63, 3.8) is 0 Å². The Morgan fingerprint density at radius 3 is 1.01 bits per heavy atom. The summed E-state index contributed by atoms with van der Waals surface area (Å²) in [5, 5.41) is 0. The van der Waals surface area contributed by atoms with E-state index < -0.39 is 47.0 Å². The van der Waals surface area contributed by atoms with E-state index in [0.29, 0.717) is 58.3 Å². The molecule has 69 heavy (non-hydrogen) atoms. The maximum atomic E-state index is 14.3. The van der Waals surface area contributed by atoms with Gasteiger partial charge < -0.3 is 0 Å². The van der Waals surface area contributed by atoms with E-state index >= 15 is 0 Å². The second kappa shape index (κ2) is 18.8. The summed E-state index contributed by atoms with van der Waals surface area (Å²) >= 11 is 0. The molecule has 0 bridgehead atoms. The first-order valence-corrected chi connectivity index (χ1v) is 24.0. The van der Waals surface area contributed by atoms with E-state index in [1.165, 1.54) is 0 Å². The number of fused-ring (bicyclic) bond motifs is 2. The van der Waals surface area contributed by atoms with Gasteiger partial charge in [-0.15, -0.1) is 0 Å². The highest BCUT2D eigenvalue weighted by Gasteiger charge is 2.40. The second-order valence-corrected chi connectivity index (χ2v) is 20.0. The molecule has 2 unspecified atom stereocenters. The first-order valence-electron chi connectivity index (χ1n) is 22.5.